The molecule has 0 aliphatic rings. The predicted octanol–water partition coefficient (Wildman–Crippen LogP) is 1.15. The number of hydrogen-bond donors (Lipinski definition) is 2. The van der Waals surface area contributed by atoms with Gasteiger partial charge in [0.1, 0.15) is 5.82 Å². The number of anilines is 1. The largest absolute Gasteiger partial charge is 0.381 e. The number of ether oxygens (including phenoxy) is 1. The Labute approximate surface area is 113 Å². The average Bonchev–Trinajstić information content (AvgIpc) is 2.42. The first-order valence-corrected chi connectivity index (χ1v) is 6.29. The number of amides is 1. The standard InChI is InChI=1S/C14H19N3O2/c1-2-9-19-10-6-14(18)17-13-11-12(4-3-7-15)5-8-16-13/h5,8,11H,2,6-7,9-10,15H2,1H3,(H,16,17,18). The summed E-state index contributed by atoms with van der Waals surface area (Å²) < 4.78 is 5.25. The number of aromatic nitrogens is 1. The minimum absolute atomic E-state index is 0.118. The van der Waals surface area contributed by atoms with Crippen LogP contribution >= 0.6 is 0 Å². The highest BCUT2D eigenvalue weighted by Gasteiger charge is 2.03. The van der Waals surface area contributed by atoms with Gasteiger partial charge >= 0.3 is 0 Å². The van der Waals surface area contributed by atoms with Gasteiger partial charge in [-0.15, -0.1) is 0 Å². The Kier molecular flexibility index (Phi) is 7.25. The van der Waals surface area contributed by atoms with Crippen LogP contribution in [0.15, 0.2) is 18.3 Å². The average molecular weight is 261 g/mol. The van der Waals surface area contributed by atoms with Crippen LogP contribution in [0.3, 0.4) is 0 Å². The van der Waals surface area contributed by atoms with E-state index in [4.69, 9.17) is 10.5 Å². The number of hydrogen-bond acceptors (Lipinski definition) is 4. The maximum absolute atomic E-state index is 11.6. The molecule has 0 aliphatic heterocycles. The van der Waals surface area contributed by atoms with Crippen molar-refractivity contribution in [2.45, 2.75) is 19.8 Å². The fourth-order valence-corrected chi connectivity index (χ4v) is 1.35. The van der Waals surface area contributed by atoms with Gasteiger partial charge < -0.3 is 15.8 Å². The van der Waals surface area contributed by atoms with Gasteiger partial charge in [0.2, 0.25) is 5.91 Å². The van der Waals surface area contributed by atoms with Crippen molar-refractivity contribution in [3.63, 3.8) is 0 Å². The molecular weight excluding hydrogens is 242 g/mol. The van der Waals surface area contributed by atoms with Crippen LogP contribution in [-0.2, 0) is 9.53 Å². The molecule has 1 amide bonds. The highest BCUT2D eigenvalue weighted by molar-refractivity contribution is 5.89. The number of pyridine rings is 1. The summed E-state index contributed by atoms with van der Waals surface area (Å²) in [4.78, 5) is 15.7. The second-order valence-electron chi connectivity index (χ2n) is 3.85. The number of nitrogens with one attached hydrogen (secondary N) is 1. The third-order valence-electron chi connectivity index (χ3n) is 2.18. The van der Waals surface area contributed by atoms with Crippen molar-refractivity contribution in [2.75, 3.05) is 25.1 Å². The van der Waals surface area contributed by atoms with Gasteiger partial charge in [-0.05, 0) is 18.6 Å². The second-order valence-corrected chi connectivity index (χ2v) is 3.85. The molecule has 0 aromatic carbocycles. The molecule has 1 aromatic rings. The summed E-state index contributed by atoms with van der Waals surface area (Å²) in [5.41, 5.74) is 6.08. The molecule has 0 atom stereocenters. The Morgan fingerprint density at radius 3 is 3.11 bits per heavy atom. The van der Waals surface area contributed by atoms with E-state index in [9.17, 15) is 4.79 Å². The van der Waals surface area contributed by atoms with E-state index < -0.39 is 0 Å². The van der Waals surface area contributed by atoms with Gasteiger partial charge in [-0.2, -0.15) is 0 Å². The molecule has 1 aromatic heterocycles. The third-order valence-corrected chi connectivity index (χ3v) is 2.18. The Hall–Kier alpha value is -1.90. The molecule has 19 heavy (non-hydrogen) atoms. The minimum Gasteiger partial charge on any atom is -0.381 e. The lowest BCUT2D eigenvalue weighted by Crippen LogP contribution is -2.15. The Bertz CT molecular complexity index is 463. The zero-order valence-corrected chi connectivity index (χ0v) is 11.1. The Morgan fingerprint density at radius 2 is 2.37 bits per heavy atom. The summed E-state index contributed by atoms with van der Waals surface area (Å²) in [6.07, 6.45) is 2.87. The molecule has 1 rings (SSSR count). The van der Waals surface area contributed by atoms with Gasteiger partial charge in [0.25, 0.3) is 0 Å². The Morgan fingerprint density at radius 1 is 1.53 bits per heavy atom. The quantitative estimate of drug-likeness (QED) is 0.595. The van der Waals surface area contributed by atoms with Gasteiger partial charge in [0, 0.05) is 18.4 Å². The first-order chi connectivity index (χ1) is 9.26. The Balaban J connectivity index is 2.45. The van der Waals surface area contributed by atoms with E-state index >= 15 is 0 Å². The predicted molar refractivity (Wildman–Crippen MR) is 74.5 cm³/mol. The van der Waals surface area contributed by atoms with Crippen molar-refractivity contribution in [2.24, 2.45) is 5.73 Å². The monoisotopic (exact) mass is 261 g/mol. The van der Waals surface area contributed by atoms with Crippen molar-refractivity contribution in [3.8, 4) is 11.8 Å². The van der Waals surface area contributed by atoms with Gasteiger partial charge in [-0.3, -0.25) is 4.79 Å². The zero-order chi connectivity index (χ0) is 13.9. The first kappa shape index (κ1) is 15.2. The molecule has 0 aliphatic carbocycles. The van der Waals surface area contributed by atoms with Crippen molar-refractivity contribution in [1.29, 1.82) is 0 Å². The SMILES string of the molecule is CCCOCCC(=O)Nc1cc(C#CCN)ccn1. The lowest BCUT2D eigenvalue weighted by molar-refractivity contribution is -0.117. The lowest BCUT2D eigenvalue weighted by Gasteiger charge is -2.05. The highest BCUT2D eigenvalue weighted by atomic mass is 16.5. The molecule has 0 radical (unpaired) electrons. The van der Waals surface area contributed by atoms with Crippen LogP contribution in [-0.4, -0.2) is 30.6 Å². The summed E-state index contributed by atoms with van der Waals surface area (Å²) in [6, 6.07) is 3.48. The number of nitrogens with zero attached hydrogens (tertiary/aromatic N) is 1. The molecule has 0 unspecified atom stereocenters. The van der Waals surface area contributed by atoms with Crippen LogP contribution in [0.2, 0.25) is 0 Å². The van der Waals surface area contributed by atoms with Gasteiger partial charge in [0.15, 0.2) is 0 Å². The van der Waals surface area contributed by atoms with E-state index in [1.807, 2.05) is 6.92 Å². The molecule has 0 saturated carbocycles. The minimum atomic E-state index is -0.118. The molecule has 0 saturated heterocycles. The third kappa shape index (κ3) is 6.55. The fourth-order valence-electron chi connectivity index (χ4n) is 1.35. The highest BCUT2D eigenvalue weighted by Crippen LogP contribution is 2.06. The van der Waals surface area contributed by atoms with Crippen LogP contribution in [0, 0.1) is 11.8 Å². The summed E-state index contributed by atoms with van der Waals surface area (Å²) in [7, 11) is 0. The van der Waals surface area contributed by atoms with Crippen LogP contribution in [0.5, 0.6) is 0 Å². The molecule has 5 heteroatoms. The number of rotatable bonds is 6. The topological polar surface area (TPSA) is 77.2 Å². The van der Waals surface area contributed by atoms with Crippen molar-refractivity contribution >= 4 is 11.7 Å². The van der Waals surface area contributed by atoms with Crippen molar-refractivity contribution in [3.05, 3.63) is 23.9 Å². The van der Waals surface area contributed by atoms with Crippen molar-refractivity contribution in [1.82, 2.24) is 4.98 Å². The summed E-state index contributed by atoms with van der Waals surface area (Å²) >= 11 is 0. The smallest absolute Gasteiger partial charge is 0.227 e. The maximum Gasteiger partial charge on any atom is 0.227 e. The van der Waals surface area contributed by atoms with E-state index in [0.717, 1.165) is 12.0 Å². The molecule has 102 valence electrons. The van der Waals surface area contributed by atoms with Crippen LogP contribution < -0.4 is 11.1 Å². The van der Waals surface area contributed by atoms with Crippen LogP contribution in [0.25, 0.3) is 0 Å². The lowest BCUT2D eigenvalue weighted by atomic mass is 10.2. The maximum atomic E-state index is 11.6. The molecule has 3 N–H and O–H groups in total. The van der Waals surface area contributed by atoms with E-state index in [-0.39, 0.29) is 5.91 Å². The summed E-state index contributed by atoms with van der Waals surface area (Å²) in [5.74, 6) is 6.01. The van der Waals surface area contributed by atoms with E-state index in [2.05, 4.69) is 22.1 Å². The number of nitrogens with two attached hydrogens (primary N) is 1. The van der Waals surface area contributed by atoms with Gasteiger partial charge in [-0.25, -0.2) is 4.98 Å². The van der Waals surface area contributed by atoms with Gasteiger partial charge in [0.05, 0.1) is 19.6 Å². The molecule has 0 fully saturated rings. The summed E-state index contributed by atoms with van der Waals surface area (Å²) in [6.45, 7) is 3.43. The van der Waals surface area contributed by atoms with Gasteiger partial charge in [-0.1, -0.05) is 18.8 Å². The molecule has 0 spiro atoms. The molecule has 5 nitrogen and oxygen atoms in total. The van der Waals surface area contributed by atoms with E-state index in [0.29, 0.717) is 32.0 Å². The number of carbonyl (C=O) groups excluding carboxylic acids is 1. The molecular formula is C14H19N3O2. The van der Waals surface area contributed by atoms with Crippen LogP contribution in [0.4, 0.5) is 5.82 Å². The fraction of sp³-hybridized carbons (Fsp3) is 0.429. The normalized spacial score (nSPS) is 9.58. The summed E-state index contributed by atoms with van der Waals surface area (Å²) in [5, 5.41) is 2.71. The molecule has 0 bridgehead atoms. The second kappa shape index (κ2) is 9.09. The first-order valence-electron chi connectivity index (χ1n) is 6.29. The van der Waals surface area contributed by atoms with Crippen LogP contribution in [0.1, 0.15) is 25.3 Å². The van der Waals surface area contributed by atoms with Crippen molar-refractivity contribution < 1.29 is 9.53 Å². The zero-order valence-electron chi connectivity index (χ0n) is 11.1. The molecule has 1 heterocycles. The number of carbonyl (C=O) groups is 1. The van der Waals surface area contributed by atoms with E-state index in [1.165, 1.54) is 0 Å². The van der Waals surface area contributed by atoms with E-state index in [1.54, 1.807) is 18.3 Å².